The lowest BCUT2D eigenvalue weighted by Crippen LogP contribution is -2.16. The molecule has 0 unspecified atom stereocenters. The number of ether oxygens (including phenoxy) is 3. The topological polar surface area (TPSA) is 73.9 Å². The molecule has 0 saturated carbocycles. The highest BCUT2D eigenvalue weighted by Crippen LogP contribution is 2.24. The van der Waals surface area contributed by atoms with Crippen LogP contribution in [0.4, 0.5) is 15.3 Å². The zero-order valence-electron chi connectivity index (χ0n) is 14.8. The van der Waals surface area contributed by atoms with Crippen molar-refractivity contribution in [3.63, 3.8) is 0 Å². The molecule has 0 aliphatic rings. The van der Waals surface area contributed by atoms with Crippen LogP contribution in [0.25, 0.3) is 0 Å². The zero-order chi connectivity index (χ0) is 18.6. The van der Waals surface area contributed by atoms with Gasteiger partial charge in [-0.25, -0.2) is 9.59 Å². The normalized spacial score (nSPS) is 10.0. The Morgan fingerprint density at radius 3 is 2.42 bits per heavy atom. The Labute approximate surface area is 153 Å². The van der Waals surface area contributed by atoms with Crippen molar-refractivity contribution in [2.45, 2.75) is 32.8 Å². The second-order valence-corrected chi connectivity index (χ2v) is 5.59. The predicted molar refractivity (Wildman–Crippen MR) is 98.2 cm³/mol. The Kier molecular flexibility index (Phi) is 7.99. The molecule has 6 nitrogen and oxygen atoms in total. The monoisotopic (exact) mass is 357 g/mol. The van der Waals surface area contributed by atoms with E-state index in [2.05, 4.69) is 12.2 Å². The van der Waals surface area contributed by atoms with Gasteiger partial charge in [-0.3, -0.25) is 5.32 Å². The van der Waals surface area contributed by atoms with Gasteiger partial charge >= 0.3 is 12.2 Å². The second-order valence-electron chi connectivity index (χ2n) is 5.59. The summed E-state index contributed by atoms with van der Waals surface area (Å²) in [5.74, 6) is 0.199. The van der Waals surface area contributed by atoms with Crippen molar-refractivity contribution >= 4 is 17.9 Å². The smallest absolute Gasteiger partial charge is 0.444 e. The molecule has 0 aliphatic carbocycles. The fraction of sp³-hybridized carbons (Fsp3) is 0.300. The Morgan fingerprint density at radius 2 is 1.65 bits per heavy atom. The van der Waals surface area contributed by atoms with E-state index in [-0.39, 0.29) is 12.4 Å². The first kappa shape index (κ1) is 19.3. The molecule has 0 heterocycles. The molecule has 2 aromatic rings. The molecule has 26 heavy (non-hydrogen) atoms. The van der Waals surface area contributed by atoms with E-state index in [1.165, 1.54) is 0 Å². The minimum absolute atomic E-state index is 0.148. The number of anilines is 1. The van der Waals surface area contributed by atoms with Crippen LogP contribution in [0.2, 0.25) is 0 Å². The molecule has 0 saturated heterocycles. The molecule has 0 fully saturated rings. The van der Waals surface area contributed by atoms with Gasteiger partial charge in [-0.1, -0.05) is 62.2 Å². The zero-order valence-corrected chi connectivity index (χ0v) is 14.8. The number of nitrogens with one attached hydrogen (secondary N) is 1. The number of benzene rings is 2. The van der Waals surface area contributed by atoms with Gasteiger partial charge in [0, 0.05) is 0 Å². The number of carbonyl (C=O) groups excluding carboxylic acids is 2. The fourth-order valence-corrected chi connectivity index (χ4v) is 2.15. The van der Waals surface area contributed by atoms with Crippen LogP contribution in [0.1, 0.15) is 31.7 Å². The van der Waals surface area contributed by atoms with E-state index in [4.69, 9.17) is 14.2 Å². The number of hydrogen-bond acceptors (Lipinski definition) is 5. The first-order chi connectivity index (χ1) is 12.7. The third kappa shape index (κ3) is 6.84. The molecule has 1 amide bonds. The quantitative estimate of drug-likeness (QED) is 0.402. The van der Waals surface area contributed by atoms with Gasteiger partial charge < -0.3 is 14.2 Å². The molecule has 0 atom stereocenters. The summed E-state index contributed by atoms with van der Waals surface area (Å²) in [6, 6.07) is 15.9. The third-order valence-electron chi connectivity index (χ3n) is 3.50. The Balaban J connectivity index is 1.85. The maximum atomic E-state index is 12.0. The highest BCUT2D eigenvalue weighted by atomic mass is 16.7. The van der Waals surface area contributed by atoms with Crippen molar-refractivity contribution in [3.8, 4) is 5.75 Å². The molecular formula is C20H23NO5. The number of rotatable bonds is 8. The van der Waals surface area contributed by atoms with Gasteiger partial charge in [-0.2, -0.15) is 0 Å². The number of amides is 1. The molecule has 2 rings (SSSR count). The van der Waals surface area contributed by atoms with Crippen molar-refractivity contribution in [2.75, 3.05) is 11.9 Å². The first-order valence-corrected chi connectivity index (χ1v) is 8.60. The molecule has 0 radical (unpaired) electrons. The van der Waals surface area contributed by atoms with Crippen LogP contribution >= 0.6 is 0 Å². The van der Waals surface area contributed by atoms with E-state index >= 15 is 0 Å². The highest BCUT2D eigenvalue weighted by Gasteiger charge is 2.13. The predicted octanol–water partition coefficient (Wildman–Crippen LogP) is 5.14. The summed E-state index contributed by atoms with van der Waals surface area (Å²) in [7, 11) is 0. The van der Waals surface area contributed by atoms with Gasteiger partial charge in [-0.05, 0) is 24.1 Å². The van der Waals surface area contributed by atoms with Gasteiger partial charge in [0.05, 0.1) is 12.3 Å². The highest BCUT2D eigenvalue weighted by molar-refractivity contribution is 5.87. The molecule has 0 bridgehead atoms. The first-order valence-electron chi connectivity index (χ1n) is 8.60. The molecule has 0 aromatic heterocycles. The second kappa shape index (κ2) is 10.8. The van der Waals surface area contributed by atoms with Crippen LogP contribution in [0, 0.1) is 0 Å². The summed E-state index contributed by atoms with van der Waals surface area (Å²) in [4.78, 5) is 23.7. The SMILES string of the molecule is CCCCCOC(=O)Oc1ccccc1NC(=O)OCc1ccccc1. The molecule has 6 heteroatoms. The van der Waals surface area contributed by atoms with Crippen LogP contribution in [-0.4, -0.2) is 18.9 Å². The lowest BCUT2D eigenvalue weighted by atomic mass is 10.2. The van der Waals surface area contributed by atoms with E-state index in [1.54, 1.807) is 24.3 Å². The lowest BCUT2D eigenvalue weighted by molar-refractivity contribution is 0.0975. The molecule has 138 valence electrons. The summed E-state index contributed by atoms with van der Waals surface area (Å²) in [6.07, 6.45) is 1.38. The van der Waals surface area contributed by atoms with Crippen LogP contribution in [0.15, 0.2) is 54.6 Å². The van der Waals surface area contributed by atoms with Crippen molar-refractivity contribution in [1.82, 2.24) is 0 Å². The lowest BCUT2D eigenvalue weighted by Gasteiger charge is -2.11. The Morgan fingerprint density at radius 1 is 0.923 bits per heavy atom. The molecule has 0 spiro atoms. The van der Waals surface area contributed by atoms with Crippen LogP contribution in [0.3, 0.4) is 0 Å². The van der Waals surface area contributed by atoms with Crippen molar-refractivity contribution in [2.24, 2.45) is 0 Å². The van der Waals surface area contributed by atoms with E-state index in [0.717, 1.165) is 24.8 Å². The maximum Gasteiger partial charge on any atom is 0.513 e. The maximum absolute atomic E-state index is 12.0. The van der Waals surface area contributed by atoms with Crippen LogP contribution in [0.5, 0.6) is 5.75 Å². The molecular weight excluding hydrogens is 334 g/mol. The van der Waals surface area contributed by atoms with Gasteiger partial charge in [0.25, 0.3) is 0 Å². The summed E-state index contributed by atoms with van der Waals surface area (Å²) >= 11 is 0. The number of unbranched alkanes of at least 4 members (excludes halogenated alkanes) is 2. The van der Waals surface area contributed by atoms with Crippen molar-refractivity contribution in [1.29, 1.82) is 0 Å². The minimum Gasteiger partial charge on any atom is -0.444 e. The van der Waals surface area contributed by atoms with Gasteiger partial charge in [-0.15, -0.1) is 0 Å². The fourth-order valence-electron chi connectivity index (χ4n) is 2.15. The van der Waals surface area contributed by atoms with E-state index in [1.807, 2.05) is 30.3 Å². The van der Waals surface area contributed by atoms with E-state index < -0.39 is 12.2 Å². The summed E-state index contributed by atoms with van der Waals surface area (Å²) in [5.41, 5.74) is 1.21. The molecule has 0 aliphatic heterocycles. The van der Waals surface area contributed by atoms with E-state index in [9.17, 15) is 9.59 Å². The number of carbonyl (C=O) groups is 2. The number of hydrogen-bond donors (Lipinski definition) is 1. The largest absolute Gasteiger partial charge is 0.513 e. The van der Waals surface area contributed by atoms with Crippen molar-refractivity contribution in [3.05, 3.63) is 60.2 Å². The third-order valence-corrected chi connectivity index (χ3v) is 3.50. The van der Waals surface area contributed by atoms with Gasteiger partial charge in [0.2, 0.25) is 0 Å². The Hall–Kier alpha value is -3.02. The van der Waals surface area contributed by atoms with Crippen LogP contribution in [-0.2, 0) is 16.1 Å². The van der Waals surface area contributed by atoms with Crippen LogP contribution < -0.4 is 10.1 Å². The Bertz CT molecular complexity index is 702. The standard InChI is InChI=1S/C20H23NO5/c1-2-3-9-14-24-20(23)26-18-13-8-7-12-17(18)21-19(22)25-15-16-10-5-4-6-11-16/h4-8,10-13H,2-3,9,14-15H2,1H3,(H,21,22). The summed E-state index contributed by atoms with van der Waals surface area (Å²) in [5, 5.41) is 2.57. The summed E-state index contributed by atoms with van der Waals surface area (Å²) < 4.78 is 15.3. The minimum atomic E-state index is -0.798. The average Bonchev–Trinajstić information content (AvgIpc) is 2.66. The number of para-hydroxylation sites is 2. The molecule has 2 aromatic carbocycles. The average molecular weight is 357 g/mol. The van der Waals surface area contributed by atoms with E-state index in [0.29, 0.717) is 12.3 Å². The molecule has 1 N–H and O–H groups in total. The summed E-state index contributed by atoms with van der Waals surface area (Å²) in [6.45, 7) is 2.52. The van der Waals surface area contributed by atoms with Gasteiger partial charge in [0.1, 0.15) is 6.61 Å². The van der Waals surface area contributed by atoms with Crippen molar-refractivity contribution < 1.29 is 23.8 Å². The van der Waals surface area contributed by atoms with Gasteiger partial charge in [0.15, 0.2) is 5.75 Å².